The molecule has 0 spiro atoms. The molecule has 1 amide bonds. The molecule has 2 unspecified atom stereocenters. The zero-order chi connectivity index (χ0) is 15.2. The van der Waals surface area contributed by atoms with Crippen LogP contribution >= 0.6 is 12.4 Å². The Morgan fingerprint density at radius 2 is 2.05 bits per heavy atom. The number of nitrogens with two attached hydrogens (primary N) is 1. The molecule has 0 bridgehead atoms. The lowest BCUT2D eigenvalue weighted by Gasteiger charge is -2.38. The summed E-state index contributed by atoms with van der Waals surface area (Å²) in [5.74, 6) is 0.209. The van der Waals surface area contributed by atoms with E-state index in [0.717, 1.165) is 25.8 Å². The third-order valence-electron chi connectivity index (χ3n) is 4.34. The summed E-state index contributed by atoms with van der Waals surface area (Å²) in [5.41, 5.74) is 8.28. The largest absolute Gasteiger partial charge is 0.381 e. The van der Waals surface area contributed by atoms with E-state index in [9.17, 15) is 4.79 Å². The van der Waals surface area contributed by atoms with Crippen LogP contribution in [-0.4, -0.2) is 43.2 Å². The molecule has 0 aromatic heterocycles. The van der Waals surface area contributed by atoms with E-state index in [0.29, 0.717) is 13.0 Å². The van der Waals surface area contributed by atoms with E-state index < -0.39 is 0 Å². The van der Waals surface area contributed by atoms with Crippen LogP contribution in [0.2, 0.25) is 0 Å². The number of rotatable bonds is 5. The number of ether oxygens (including phenoxy) is 1. The molecule has 1 aromatic rings. The quantitative estimate of drug-likeness (QED) is 0.903. The number of methoxy groups -OCH3 is 1. The highest BCUT2D eigenvalue weighted by Gasteiger charge is 2.30. The van der Waals surface area contributed by atoms with Gasteiger partial charge in [-0.15, -0.1) is 12.4 Å². The second-order valence-electron chi connectivity index (χ2n) is 5.84. The van der Waals surface area contributed by atoms with Crippen LogP contribution in [0.3, 0.4) is 0 Å². The minimum absolute atomic E-state index is 0. The van der Waals surface area contributed by atoms with E-state index in [1.807, 2.05) is 4.90 Å². The predicted octanol–water partition coefficient (Wildman–Crippen LogP) is 2.31. The molecule has 124 valence electrons. The van der Waals surface area contributed by atoms with Gasteiger partial charge in [-0.2, -0.15) is 0 Å². The maximum Gasteiger partial charge on any atom is 0.223 e. The van der Waals surface area contributed by atoms with Gasteiger partial charge in [0.15, 0.2) is 0 Å². The molecule has 4 nitrogen and oxygen atoms in total. The fourth-order valence-corrected chi connectivity index (χ4v) is 2.93. The Labute approximate surface area is 139 Å². The lowest BCUT2D eigenvalue weighted by Crippen LogP contribution is -2.51. The van der Waals surface area contributed by atoms with Crippen molar-refractivity contribution < 1.29 is 9.53 Å². The van der Waals surface area contributed by atoms with Crippen LogP contribution in [0.1, 0.15) is 30.4 Å². The van der Waals surface area contributed by atoms with Gasteiger partial charge in [-0.1, -0.05) is 29.8 Å². The molecule has 1 fully saturated rings. The van der Waals surface area contributed by atoms with Gasteiger partial charge in [0.25, 0.3) is 0 Å². The molecule has 0 saturated carbocycles. The van der Waals surface area contributed by atoms with Gasteiger partial charge in [-0.05, 0) is 31.7 Å². The van der Waals surface area contributed by atoms with E-state index >= 15 is 0 Å². The molecule has 0 aliphatic carbocycles. The lowest BCUT2D eigenvalue weighted by atomic mass is 9.98. The first-order valence-electron chi connectivity index (χ1n) is 7.72. The first-order chi connectivity index (χ1) is 10.1. The fourth-order valence-electron chi connectivity index (χ4n) is 2.93. The molecule has 0 radical (unpaired) electrons. The average Bonchev–Trinajstić information content (AvgIpc) is 2.53. The highest BCUT2D eigenvalue weighted by Crippen LogP contribution is 2.20. The normalized spacial score (nSPS) is 21.3. The topological polar surface area (TPSA) is 55.6 Å². The molecule has 5 heteroatoms. The number of amides is 1. The summed E-state index contributed by atoms with van der Waals surface area (Å²) in [7, 11) is 1.73. The van der Waals surface area contributed by atoms with Gasteiger partial charge < -0.3 is 15.4 Å². The van der Waals surface area contributed by atoms with Crippen molar-refractivity contribution in [1.82, 2.24) is 4.90 Å². The van der Waals surface area contributed by atoms with Crippen LogP contribution in [0.15, 0.2) is 24.3 Å². The minimum Gasteiger partial charge on any atom is -0.381 e. The first-order valence-corrected chi connectivity index (χ1v) is 7.72. The average molecular weight is 327 g/mol. The zero-order valence-corrected chi connectivity index (χ0v) is 14.3. The molecule has 2 rings (SSSR count). The van der Waals surface area contributed by atoms with Gasteiger partial charge >= 0.3 is 0 Å². The zero-order valence-electron chi connectivity index (χ0n) is 13.5. The van der Waals surface area contributed by atoms with Crippen molar-refractivity contribution in [2.45, 2.75) is 44.8 Å². The van der Waals surface area contributed by atoms with Crippen LogP contribution in [0, 0.1) is 6.92 Å². The molecule has 1 heterocycles. The van der Waals surface area contributed by atoms with Crippen LogP contribution in [-0.2, 0) is 16.0 Å². The van der Waals surface area contributed by atoms with E-state index in [-0.39, 0.29) is 30.5 Å². The molecule has 1 aliphatic heterocycles. The maximum absolute atomic E-state index is 12.4. The van der Waals surface area contributed by atoms with E-state index in [1.54, 1.807) is 7.11 Å². The van der Waals surface area contributed by atoms with Crippen molar-refractivity contribution in [1.29, 1.82) is 0 Å². The third kappa shape index (κ3) is 4.97. The standard InChI is InChI=1S/C17H26N2O2.ClH/c1-13-3-5-14(6-4-13)7-8-17(20)19-10-9-16(21-2)11-15(19)12-18;/h3-6,15-16H,7-12,18H2,1-2H3;1H. The van der Waals surface area contributed by atoms with Crippen molar-refractivity contribution in [2.24, 2.45) is 5.73 Å². The maximum atomic E-state index is 12.4. The molecule has 1 aliphatic rings. The van der Waals surface area contributed by atoms with Gasteiger partial charge in [0.2, 0.25) is 5.91 Å². The Balaban J connectivity index is 0.00000242. The highest BCUT2D eigenvalue weighted by atomic mass is 35.5. The Kier molecular flexibility index (Phi) is 7.87. The van der Waals surface area contributed by atoms with Crippen molar-refractivity contribution in [2.75, 3.05) is 20.2 Å². The van der Waals surface area contributed by atoms with Gasteiger partial charge in [0, 0.05) is 32.7 Å². The monoisotopic (exact) mass is 326 g/mol. The summed E-state index contributed by atoms with van der Waals surface area (Å²) in [4.78, 5) is 14.4. The van der Waals surface area contributed by atoms with E-state index in [4.69, 9.17) is 10.5 Å². The number of carbonyl (C=O) groups is 1. The first kappa shape index (κ1) is 18.9. The number of hydrogen-bond acceptors (Lipinski definition) is 3. The summed E-state index contributed by atoms with van der Waals surface area (Å²) in [6.45, 7) is 3.34. The Bertz CT molecular complexity index is 464. The van der Waals surface area contributed by atoms with Crippen LogP contribution in [0.4, 0.5) is 0 Å². The molecular formula is C17H27ClN2O2. The fraction of sp³-hybridized carbons (Fsp3) is 0.588. The highest BCUT2D eigenvalue weighted by molar-refractivity contribution is 5.85. The van der Waals surface area contributed by atoms with Gasteiger partial charge in [-0.25, -0.2) is 0 Å². The van der Waals surface area contributed by atoms with Crippen LogP contribution < -0.4 is 5.73 Å². The number of carbonyl (C=O) groups excluding carboxylic acids is 1. The molecule has 2 N–H and O–H groups in total. The van der Waals surface area contributed by atoms with Gasteiger partial charge in [0.05, 0.1) is 6.10 Å². The van der Waals surface area contributed by atoms with Crippen molar-refractivity contribution in [3.8, 4) is 0 Å². The Hall–Kier alpha value is -1.10. The van der Waals surface area contributed by atoms with Crippen molar-refractivity contribution in [3.05, 3.63) is 35.4 Å². The smallest absolute Gasteiger partial charge is 0.223 e. The summed E-state index contributed by atoms with van der Waals surface area (Å²) in [6.07, 6.45) is 3.34. The number of benzene rings is 1. The minimum atomic E-state index is 0. The van der Waals surface area contributed by atoms with Crippen LogP contribution in [0.25, 0.3) is 0 Å². The Morgan fingerprint density at radius 3 is 2.64 bits per heavy atom. The predicted molar refractivity (Wildman–Crippen MR) is 91.3 cm³/mol. The van der Waals surface area contributed by atoms with Gasteiger partial charge in [0.1, 0.15) is 0 Å². The van der Waals surface area contributed by atoms with Gasteiger partial charge in [-0.3, -0.25) is 4.79 Å². The number of aryl methyl sites for hydroxylation is 2. The number of likely N-dealkylation sites (tertiary alicyclic amines) is 1. The van der Waals surface area contributed by atoms with E-state index in [1.165, 1.54) is 11.1 Å². The molecule has 1 saturated heterocycles. The molecule has 2 atom stereocenters. The third-order valence-corrected chi connectivity index (χ3v) is 4.34. The van der Waals surface area contributed by atoms with Crippen molar-refractivity contribution >= 4 is 18.3 Å². The number of hydrogen-bond donors (Lipinski definition) is 1. The second-order valence-corrected chi connectivity index (χ2v) is 5.84. The summed E-state index contributed by atoms with van der Waals surface area (Å²) in [6, 6.07) is 8.49. The summed E-state index contributed by atoms with van der Waals surface area (Å²) in [5, 5.41) is 0. The number of piperidine rings is 1. The summed E-state index contributed by atoms with van der Waals surface area (Å²) < 4.78 is 5.40. The van der Waals surface area contributed by atoms with Crippen molar-refractivity contribution in [3.63, 3.8) is 0 Å². The number of halogens is 1. The molecule has 1 aromatic carbocycles. The second kappa shape index (κ2) is 9.13. The Morgan fingerprint density at radius 1 is 1.36 bits per heavy atom. The summed E-state index contributed by atoms with van der Waals surface area (Å²) >= 11 is 0. The lowest BCUT2D eigenvalue weighted by molar-refractivity contribution is -0.136. The molecular weight excluding hydrogens is 300 g/mol. The SMILES string of the molecule is COC1CCN(C(=O)CCc2ccc(C)cc2)C(CN)C1.Cl. The number of nitrogens with zero attached hydrogens (tertiary/aromatic N) is 1. The van der Waals surface area contributed by atoms with E-state index in [2.05, 4.69) is 31.2 Å². The molecule has 22 heavy (non-hydrogen) atoms. The van der Waals surface area contributed by atoms with Crippen LogP contribution in [0.5, 0.6) is 0 Å².